The van der Waals surface area contributed by atoms with Crippen molar-refractivity contribution >= 4 is 11.9 Å². The van der Waals surface area contributed by atoms with E-state index < -0.39 is 29.2 Å². The predicted molar refractivity (Wildman–Crippen MR) is 125 cm³/mol. The molecule has 2 heterocycles. The molecule has 2 aliphatic heterocycles. The van der Waals surface area contributed by atoms with E-state index in [2.05, 4.69) is 5.32 Å². The number of fused-ring (bicyclic) bond motifs is 1. The van der Waals surface area contributed by atoms with Gasteiger partial charge < -0.3 is 19.9 Å². The molecule has 4 rings (SSSR count). The molecule has 2 saturated heterocycles. The Bertz CT molecular complexity index is 1140. The van der Waals surface area contributed by atoms with Crippen molar-refractivity contribution in [1.82, 2.24) is 15.1 Å². The summed E-state index contributed by atoms with van der Waals surface area (Å²) >= 11 is 0. The highest BCUT2D eigenvalue weighted by Crippen LogP contribution is 2.53. The number of hydrogen-bond acceptors (Lipinski definition) is 3. The molecule has 1 N–H and O–H groups in total. The number of nitrogens with zero attached hydrogens (tertiary/aromatic N) is 2. The SMILES string of the molecule is CNC(=O)N1CCN2C(=O)CCC2C1(c1ccccc1C)[C@H](C)c1cc(OC)cc(C(F)(F)F)c1. The van der Waals surface area contributed by atoms with Crippen LogP contribution in [0.15, 0.2) is 42.5 Å². The zero-order valence-corrected chi connectivity index (χ0v) is 20.3. The van der Waals surface area contributed by atoms with Crippen molar-refractivity contribution < 1.29 is 27.5 Å². The standard InChI is InChI=1S/C26H30F3N3O3/c1-16-7-5-6-8-21(16)25(17(2)18-13-19(26(27,28)29)15-20(14-18)35-4)22-9-10-23(33)31(22)11-12-32(25)24(34)30-3/h5-8,13-15,17,22H,9-12H2,1-4H3,(H,30,34)/t17-,22?,25?/m1/s1. The minimum absolute atomic E-state index is 0.00154. The van der Waals surface area contributed by atoms with Gasteiger partial charge in [-0.25, -0.2) is 4.79 Å². The van der Waals surface area contributed by atoms with Crippen molar-refractivity contribution in [3.8, 4) is 5.75 Å². The monoisotopic (exact) mass is 489 g/mol. The van der Waals surface area contributed by atoms with Gasteiger partial charge in [0.15, 0.2) is 0 Å². The topological polar surface area (TPSA) is 61.9 Å². The van der Waals surface area contributed by atoms with Crippen LogP contribution >= 0.6 is 0 Å². The minimum atomic E-state index is -4.57. The molecule has 2 aromatic carbocycles. The Morgan fingerprint density at radius 3 is 2.54 bits per heavy atom. The van der Waals surface area contributed by atoms with Gasteiger partial charge in [0, 0.05) is 32.5 Å². The van der Waals surface area contributed by atoms with Gasteiger partial charge >= 0.3 is 12.2 Å². The number of aryl methyl sites for hydroxylation is 1. The van der Waals surface area contributed by atoms with E-state index in [1.54, 1.807) is 15.9 Å². The fourth-order valence-corrected chi connectivity index (χ4v) is 5.96. The number of benzene rings is 2. The Balaban J connectivity index is 2.03. The average Bonchev–Trinajstić information content (AvgIpc) is 3.23. The summed E-state index contributed by atoms with van der Waals surface area (Å²) in [5.74, 6) is -0.516. The molecule has 9 heteroatoms. The normalized spacial score (nSPS) is 23.2. The van der Waals surface area contributed by atoms with Crippen molar-refractivity contribution in [2.24, 2.45) is 0 Å². The lowest BCUT2D eigenvalue weighted by atomic mass is 9.66. The number of halogens is 3. The van der Waals surface area contributed by atoms with Crippen LogP contribution in [0, 0.1) is 6.92 Å². The number of nitrogens with one attached hydrogen (secondary N) is 1. The maximum absolute atomic E-state index is 13.8. The summed E-state index contributed by atoms with van der Waals surface area (Å²) in [4.78, 5) is 29.7. The molecular formula is C26H30F3N3O3. The van der Waals surface area contributed by atoms with Crippen molar-refractivity contribution in [3.63, 3.8) is 0 Å². The minimum Gasteiger partial charge on any atom is -0.497 e. The molecule has 3 amide bonds. The summed E-state index contributed by atoms with van der Waals surface area (Å²) in [6.45, 7) is 4.40. The highest BCUT2D eigenvalue weighted by molar-refractivity contribution is 5.81. The Kier molecular flexibility index (Phi) is 6.46. The number of methoxy groups -OCH3 is 1. The van der Waals surface area contributed by atoms with E-state index in [0.717, 1.165) is 23.3 Å². The number of rotatable bonds is 4. The lowest BCUT2D eigenvalue weighted by Crippen LogP contribution is -2.69. The maximum atomic E-state index is 13.8. The third-order valence-electron chi connectivity index (χ3n) is 7.53. The van der Waals surface area contributed by atoms with E-state index in [-0.39, 0.29) is 24.2 Å². The smallest absolute Gasteiger partial charge is 0.416 e. The molecule has 2 unspecified atom stereocenters. The first-order valence-electron chi connectivity index (χ1n) is 11.7. The third kappa shape index (κ3) is 4.00. The Morgan fingerprint density at radius 2 is 1.91 bits per heavy atom. The number of carbonyl (C=O) groups is 2. The predicted octanol–water partition coefficient (Wildman–Crippen LogP) is 4.67. The van der Waals surface area contributed by atoms with Crippen molar-refractivity contribution in [1.29, 1.82) is 0 Å². The zero-order chi connectivity index (χ0) is 25.5. The first kappa shape index (κ1) is 24.9. The third-order valence-corrected chi connectivity index (χ3v) is 7.53. The van der Waals surface area contributed by atoms with E-state index >= 15 is 0 Å². The summed E-state index contributed by atoms with van der Waals surface area (Å²) in [5.41, 5.74) is 0.186. The van der Waals surface area contributed by atoms with Crippen LogP contribution in [0.25, 0.3) is 0 Å². The average molecular weight is 490 g/mol. The second kappa shape index (κ2) is 9.09. The molecule has 0 spiro atoms. The van der Waals surface area contributed by atoms with Gasteiger partial charge in [-0.3, -0.25) is 4.79 Å². The molecule has 6 nitrogen and oxygen atoms in total. The molecule has 2 aromatic rings. The lowest BCUT2D eigenvalue weighted by Gasteiger charge is -2.57. The quantitative estimate of drug-likeness (QED) is 0.679. The van der Waals surface area contributed by atoms with Gasteiger partial charge in [-0.05, 0) is 48.2 Å². The van der Waals surface area contributed by atoms with Gasteiger partial charge in [0.25, 0.3) is 0 Å². The highest BCUT2D eigenvalue weighted by atomic mass is 19.4. The molecule has 0 saturated carbocycles. The molecule has 188 valence electrons. The number of alkyl halides is 3. The van der Waals surface area contributed by atoms with E-state index in [1.165, 1.54) is 14.2 Å². The van der Waals surface area contributed by atoms with Crippen LogP contribution < -0.4 is 10.1 Å². The molecule has 0 aromatic heterocycles. The fraction of sp³-hybridized carbons (Fsp3) is 0.462. The highest BCUT2D eigenvalue weighted by Gasteiger charge is 2.59. The van der Waals surface area contributed by atoms with Crippen LogP contribution in [0.1, 0.15) is 47.9 Å². The van der Waals surface area contributed by atoms with Gasteiger partial charge in [-0.15, -0.1) is 0 Å². The summed E-state index contributed by atoms with van der Waals surface area (Å²) < 4.78 is 46.7. The molecule has 0 aliphatic carbocycles. The number of urea groups is 1. The van der Waals surface area contributed by atoms with Gasteiger partial charge in [0.05, 0.1) is 24.3 Å². The Labute approximate surface area is 203 Å². The molecule has 3 atom stereocenters. The van der Waals surface area contributed by atoms with Gasteiger partial charge in [0.1, 0.15) is 5.75 Å². The second-order valence-corrected chi connectivity index (χ2v) is 9.20. The van der Waals surface area contributed by atoms with E-state index in [0.29, 0.717) is 24.9 Å². The Morgan fingerprint density at radius 1 is 1.20 bits per heavy atom. The van der Waals surface area contributed by atoms with Crippen molar-refractivity contribution in [3.05, 3.63) is 64.7 Å². The van der Waals surface area contributed by atoms with Crippen LogP contribution in [-0.2, 0) is 16.5 Å². The van der Waals surface area contributed by atoms with E-state index in [1.807, 2.05) is 38.1 Å². The molecule has 35 heavy (non-hydrogen) atoms. The summed E-state index contributed by atoms with van der Waals surface area (Å²) in [6.07, 6.45) is -3.74. The fourth-order valence-electron chi connectivity index (χ4n) is 5.96. The molecule has 2 fully saturated rings. The van der Waals surface area contributed by atoms with E-state index in [4.69, 9.17) is 4.74 Å². The van der Waals surface area contributed by atoms with Crippen molar-refractivity contribution in [2.75, 3.05) is 27.2 Å². The number of ether oxygens (including phenoxy) is 1. The number of hydrogen-bond donors (Lipinski definition) is 1. The molecular weight excluding hydrogens is 459 g/mol. The summed E-state index contributed by atoms with van der Waals surface area (Å²) in [7, 11) is 2.87. The van der Waals surface area contributed by atoms with Gasteiger partial charge in [-0.2, -0.15) is 13.2 Å². The van der Waals surface area contributed by atoms with Crippen LogP contribution in [-0.4, -0.2) is 55.0 Å². The maximum Gasteiger partial charge on any atom is 0.416 e. The van der Waals surface area contributed by atoms with Crippen LogP contribution in [0.3, 0.4) is 0 Å². The first-order valence-corrected chi connectivity index (χ1v) is 11.7. The van der Waals surface area contributed by atoms with E-state index in [9.17, 15) is 22.8 Å². The lowest BCUT2D eigenvalue weighted by molar-refractivity contribution is -0.137. The Hall–Kier alpha value is -3.23. The summed E-state index contributed by atoms with van der Waals surface area (Å²) in [5, 5.41) is 2.71. The largest absolute Gasteiger partial charge is 0.497 e. The molecule has 0 bridgehead atoms. The second-order valence-electron chi connectivity index (χ2n) is 9.20. The van der Waals surface area contributed by atoms with Gasteiger partial charge in [-0.1, -0.05) is 31.2 Å². The van der Waals surface area contributed by atoms with Crippen molar-refractivity contribution in [2.45, 2.75) is 50.4 Å². The number of amides is 3. The number of piperazine rings is 1. The van der Waals surface area contributed by atoms with Crippen LogP contribution in [0.5, 0.6) is 5.75 Å². The number of carbonyl (C=O) groups excluding carboxylic acids is 2. The van der Waals surface area contributed by atoms with Crippen LogP contribution in [0.4, 0.5) is 18.0 Å². The summed E-state index contributed by atoms with van der Waals surface area (Å²) in [6, 6.07) is 10.6. The first-order chi connectivity index (χ1) is 16.5. The molecule has 2 aliphatic rings. The molecule has 0 radical (unpaired) electrons. The van der Waals surface area contributed by atoms with Crippen LogP contribution in [0.2, 0.25) is 0 Å². The van der Waals surface area contributed by atoms with Gasteiger partial charge in [0.2, 0.25) is 5.91 Å². The zero-order valence-electron chi connectivity index (χ0n) is 20.3.